The monoisotopic (exact) mass is 380 g/mol. The van der Waals surface area contributed by atoms with Gasteiger partial charge in [0.05, 0.1) is 11.2 Å². The van der Waals surface area contributed by atoms with Crippen molar-refractivity contribution in [1.82, 2.24) is 0 Å². The third-order valence-corrected chi connectivity index (χ3v) is 5.73. The summed E-state index contributed by atoms with van der Waals surface area (Å²) in [5, 5.41) is 0.753. The lowest BCUT2D eigenvalue weighted by Crippen LogP contribution is -2.45. The lowest BCUT2D eigenvalue weighted by molar-refractivity contribution is 0.550. The van der Waals surface area contributed by atoms with Crippen molar-refractivity contribution in [3.8, 4) is 0 Å². The normalized spacial score (nSPS) is 15.8. The third-order valence-electron chi connectivity index (χ3n) is 5.32. The van der Waals surface area contributed by atoms with Crippen LogP contribution in [0.25, 0.3) is 5.57 Å². The van der Waals surface area contributed by atoms with Gasteiger partial charge in [0.1, 0.15) is 0 Å². The topological polar surface area (TPSA) is 15.6 Å². The molecule has 142 valence electrons. The third kappa shape index (κ3) is 3.96. The minimum absolute atomic E-state index is 0.0355. The van der Waals surface area contributed by atoms with E-state index in [9.17, 15) is 0 Å². The number of nitrogens with zero attached hydrogens (tertiary/aromatic N) is 2. The number of rotatable bonds is 4. The molecule has 0 fully saturated rings. The molecule has 0 atom stereocenters. The maximum Gasteiger partial charge on any atom is 0.0644 e. The first-order valence-corrected chi connectivity index (χ1v) is 10.0. The second-order valence-corrected chi connectivity index (χ2v) is 8.46. The molecule has 1 aliphatic heterocycles. The van der Waals surface area contributed by atoms with Crippen LogP contribution in [0.2, 0.25) is 5.02 Å². The number of hydrogen-bond acceptors (Lipinski definition) is 2. The summed E-state index contributed by atoms with van der Waals surface area (Å²) in [6.45, 7) is 14.2. The zero-order valence-electron chi connectivity index (χ0n) is 17.2. The van der Waals surface area contributed by atoms with Crippen LogP contribution < -0.4 is 4.90 Å². The van der Waals surface area contributed by atoms with Crippen LogP contribution in [0.1, 0.15) is 56.4 Å². The van der Waals surface area contributed by atoms with E-state index < -0.39 is 0 Å². The van der Waals surface area contributed by atoms with Crippen molar-refractivity contribution in [2.75, 3.05) is 11.4 Å². The average Bonchev–Trinajstić information content (AvgIpc) is 2.59. The van der Waals surface area contributed by atoms with Gasteiger partial charge in [-0.25, -0.2) is 0 Å². The van der Waals surface area contributed by atoms with Crippen LogP contribution in [0.4, 0.5) is 11.4 Å². The van der Waals surface area contributed by atoms with Gasteiger partial charge in [-0.15, -0.1) is 0 Å². The van der Waals surface area contributed by atoms with Crippen LogP contribution in [-0.2, 0) is 0 Å². The quantitative estimate of drug-likeness (QED) is 0.515. The average molecular weight is 381 g/mol. The Bertz CT molecular complexity index is 922. The van der Waals surface area contributed by atoms with E-state index >= 15 is 0 Å². The van der Waals surface area contributed by atoms with Gasteiger partial charge in [0.2, 0.25) is 0 Å². The summed E-state index contributed by atoms with van der Waals surface area (Å²) in [5.74, 6) is 0. The highest BCUT2D eigenvalue weighted by Crippen LogP contribution is 2.40. The number of allylic oxidation sites excluding steroid dienone is 1. The van der Waals surface area contributed by atoms with Crippen LogP contribution in [0, 0.1) is 13.8 Å². The second kappa shape index (κ2) is 7.52. The smallest absolute Gasteiger partial charge is 0.0644 e. The summed E-state index contributed by atoms with van der Waals surface area (Å²) >= 11 is 6.23. The lowest BCUT2D eigenvalue weighted by Gasteiger charge is -2.43. The minimum atomic E-state index is 0.0355. The molecule has 1 aliphatic rings. The Morgan fingerprint density at radius 2 is 1.81 bits per heavy atom. The number of aliphatic imine (C=N–C) groups is 1. The Balaban J connectivity index is 2.02. The molecule has 0 spiro atoms. The van der Waals surface area contributed by atoms with E-state index in [1.165, 1.54) is 22.4 Å². The fourth-order valence-electron chi connectivity index (χ4n) is 3.82. The highest BCUT2D eigenvalue weighted by molar-refractivity contribution is 6.31. The number of anilines is 1. The standard InChI is InChI=1S/C24H29ClN2/c1-7-10-27-23-11-17(3)19(12-21(23)18(4)14-24(27,5)6)15-26-20-9-8-16(2)22(25)13-20/h8-9,11-15H,7,10H2,1-6H3. The first kappa shape index (κ1) is 19.7. The number of aryl methyl sites for hydroxylation is 2. The largest absolute Gasteiger partial charge is 0.362 e. The minimum Gasteiger partial charge on any atom is -0.362 e. The number of fused-ring (bicyclic) bond motifs is 1. The lowest BCUT2D eigenvalue weighted by atomic mass is 9.87. The van der Waals surface area contributed by atoms with Crippen molar-refractivity contribution in [1.29, 1.82) is 0 Å². The van der Waals surface area contributed by atoms with Gasteiger partial charge in [0.15, 0.2) is 0 Å². The number of hydrogen-bond donors (Lipinski definition) is 0. The molecule has 0 aliphatic carbocycles. The molecule has 0 unspecified atom stereocenters. The number of halogens is 1. The molecule has 3 heteroatoms. The SMILES string of the molecule is CCCN1c2cc(C)c(C=Nc3ccc(C)c(Cl)c3)cc2C(C)=CC1(C)C. The van der Waals surface area contributed by atoms with Crippen molar-refractivity contribution in [2.24, 2.45) is 4.99 Å². The molecular formula is C24H29ClN2. The van der Waals surface area contributed by atoms with Gasteiger partial charge >= 0.3 is 0 Å². The predicted molar refractivity (Wildman–Crippen MR) is 120 cm³/mol. The molecule has 0 radical (unpaired) electrons. The first-order valence-electron chi connectivity index (χ1n) is 9.65. The van der Waals surface area contributed by atoms with Gasteiger partial charge in [-0.1, -0.05) is 30.7 Å². The van der Waals surface area contributed by atoms with Crippen LogP contribution in [-0.4, -0.2) is 18.3 Å². The second-order valence-electron chi connectivity index (χ2n) is 8.05. The summed E-state index contributed by atoms with van der Waals surface area (Å²) in [7, 11) is 0. The first-order chi connectivity index (χ1) is 12.7. The van der Waals surface area contributed by atoms with E-state index in [4.69, 9.17) is 11.6 Å². The van der Waals surface area contributed by atoms with E-state index in [0.29, 0.717) is 0 Å². The molecule has 3 rings (SSSR count). The maximum atomic E-state index is 6.23. The van der Waals surface area contributed by atoms with Gasteiger partial charge in [-0.2, -0.15) is 0 Å². The Hall–Kier alpha value is -2.06. The summed E-state index contributed by atoms with van der Waals surface area (Å²) in [5.41, 5.74) is 8.33. The molecule has 0 N–H and O–H groups in total. The molecule has 0 saturated heterocycles. The van der Waals surface area contributed by atoms with Crippen molar-refractivity contribution in [3.05, 3.63) is 63.7 Å². The Morgan fingerprint density at radius 1 is 1.07 bits per heavy atom. The molecule has 0 amide bonds. The maximum absolute atomic E-state index is 6.23. The van der Waals surface area contributed by atoms with E-state index in [2.05, 4.69) is 62.7 Å². The van der Waals surface area contributed by atoms with Crippen molar-refractivity contribution < 1.29 is 0 Å². The summed E-state index contributed by atoms with van der Waals surface area (Å²) in [6.07, 6.45) is 5.46. The molecule has 0 bridgehead atoms. The molecule has 1 heterocycles. The van der Waals surface area contributed by atoms with E-state index in [0.717, 1.165) is 34.8 Å². The molecule has 0 aromatic heterocycles. The predicted octanol–water partition coefficient (Wildman–Crippen LogP) is 7.12. The summed E-state index contributed by atoms with van der Waals surface area (Å²) in [4.78, 5) is 7.17. The number of benzene rings is 2. The van der Waals surface area contributed by atoms with Crippen LogP contribution in [0.15, 0.2) is 41.4 Å². The van der Waals surface area contributed by atoms with E-state index in [-0.39, 0.29) is 5.54 Å². The van der Waals surface area contributed by atoms with Crippen molar-refractivity contribution >= 4 is 34.8 Å². The van der Waals surface area contributed by atoms with E-state index in [1.54, 1.807) is 0 Å². The van der Waals surface area contributed by atoms with Gasteiger partial charge in [0, 0.05) is 29.0 Å². The fraction of sp³-hybridized carbons (Fsp3) is 0.375. The van der Waals surface area contributed by atoms with Crippen molar-refractivity contribution in [2.45, 2.75) is 53.5 Å². The van der Waals surface area contributed by atoms with Crippen LogP contribution in [0.3, 0.4) is 0 Å². The molecular weight excluding hydrogens is 352 g/mol. The van der Waals surface area contributed by atoms with Gasteiger partial charge < -0.3 is 4.90 Å². The summed E-state index contributed by atoms with van der Waals surface area (Å²) in [6, 6.07) is 10.5. The molecule has 27 heavy (non-hydrogen) atoms. The van der Waals surface area contributed by atoms with Crippen molar-refractivity contribution in [3.63, 3.8) is 0 Å². The Kier molecular flexibility index (Phi) is 5.48. The molecule has 2 aromatic carbocycles. The molecule has 2 aromatic rings. The highest BCUT2D eigenvalue weighted by atomic mass is 35.5. The van der Waals surface area contributed by atoms with Gasteiger partial charge in [0.25, 0.3) is 0 Å². The zero-order valence-corrected chi connectivity index (χ0v) is 18.0. The van der Waals surface area contributed by atoms with Gasteiger partial charge in [-0.05, 0) is 87.6 Å². The summed E-state index contributed by atoms with van der Waals surface area (Å²) < 4.78 is 0. The van der Waals surface area contributed by atoms with E-state index in [1.807, 2.05) is 31.3 Å². The molecule has 0 saturated carbocycles. The Labute approximate surface area is 168 Å². The highest BCUT2D eigenvalue weighted by Gasteiger charge is 2.31. The molecule has 2 nitrogen and oxygen atoms in total. The van der Waals surface area contributed by atoms with Crippen LogP contribution in [0.5, 0.6) is 0 Å². The fourth-order valence-corrected chi connectivity index (χ4v) is 4.00. The Morgan fingerprint density at radius 3 is 2.48 bits per heavy atom. The zero-order chi connectivity index (χ0) is 19.8. The van der Waals surface area contributed by atoms with Gasteiger partial charge in [-0.3, -0.25) is 4.99 Å². The van der Waals surface area contributed by atoms with Crippen LogP contribution >= 0.6 is 11.6 Å².